The number of aromatic nitrogens is 2. The van der Waals surface area contributed by atoms with Crippen LogP contribution in [0.5, 0.6) is 0 Å². The summed E-state index contributed by atoms with van der Waals surface area (Å²) in [5.74, 6) is -2.98. The van der Waals surface area contributed by atoms with E-state index in [-0.39, 0.29) is 12.1 Å². The van der Waals surface area contributed by atoms with Crippen LogP contribution in [0.4, 0.5) is 4.39 Å². The van der Waals surface area contributed by atoms with Gasteiger partial charge in [0.1, 0.15) is 12.1 Å². The highest BCUT2D eigenvalue weighted by Crippen LogP contribution is 2.21. The van der Waals surface area contributed by atoms with Crippen molar-refractivity contribution in [1.82, 2.24) is 14.9 Å². The van der Waals surface area contributed by atoms with Crippen molar-refractivity contribution >= 4 is 11.9 Å². The second-order valence-electron chi connectivity index (χ2n) is 5.25. The van der Waals surface area contributed by atoms with Crippen molar-refractivity contribution in [2.45, 2.75) is 6.92 Å². The fourth-order valence-electron chi connectivity index (χ4n) is 2.09. The molecule has 0 aliphatic rings. The van der Waals surface area contributed by atoms with Crippen molar-refractivity contribution < 1.29 is 19.1 Å². The highest BCUT2D eigenvalue weighted by molar-refractivity contribution is 5.95. The number of amides is 1. The lowest BCUT2D eigenvalue weighted by molar-refractivity contribution is -0.141. The third-order valence-electron chi connectivity index (χ3n) is 3.41. The van der Waals surface area contributed by atoms with E-state index in [1.807, 2.05) is 0 Å². The van der Waals surface area contributed by atoms with Gasteiger partial charge in [0.15, 0.2) is 0 Å². The average Bonchev–Trinajstić information content (AvgIpc) is 2.54. The van der Waals surface area contributed by atoms with Crippen LogP contribution in [0, 0.1) is 11.7 Å². The summed E-state index contributed by atoms with van der Waals surface area (Å²) in [7, 11) is 1.44. The highest BCUT2D eigenvalue weighted by atomic mass is 19.1. The first-order valence-corrected chi connectivity index (χ1v) is 6.93. The Morgan fingerprint density at radius 3 is 2.48 bits per heavy atom. The summed E-state index contributed by atoms with van der Waals surface area (Å²) in [5.41, 5.74) is 1.09. The van der Waals surface area contributed by atoms with Crippen LogP contribution in [0.2, 0.25) is 0 Å². The maximum atomic E-state index is 14.2. The largest absolute Gasteiger partial charge is 0.481 e. The zero-order valence-electron chi connectivity index (χ0n) is 12.7. The van der Waals surface area contributed by atoms with Crippen LogP contribution in [0.1, 0.15) is 17.3 Å². The van der Waals surface area contributed by atoms with Crippen LogP contribution in [0.15, 0.2) is 36.9 Å². The molecule has 6 nitrogen and oxygen atoms in total. The number of aliphatic carboxylic acids is 1. The van der Waals surface area contributed by atoms with Gasteiger partial charge in [0, 0.05) is 31.5 Å². The van der Waals surface area contributed by atoms with E-state index >= 15 is 0 Å². The quantitative estimate of drug-likeness (QED) is 0.913. The molecule has 1 N–H and O–H groups in total. The van der Waals surface area contributed by atoms with Gasteiger partial charge < -0.3 is 10.0 Å². The number of carbonyl (C=O) groups excluding carboxylic acids is 1. The van der Waals surface area contributed by atoms with Crippen molar-refractivity contribution in [1.29, 1.82) is 0 Å². The zero-order chi connectivity index (χ0) is 17.0. The molecule has 0 spiro atoms. The van der Waals surface area contributed by atoms with Crippen LogP contribution >= 0.6 is 0 Å². The average molecular weight is 317 g/mol. The SMILES string of the molecule is CC(CN(C)C(=O)c1ccc(-c2cncnc2)cc1F)C(=O)O. The first kappa shape index (κ1) is 16.5. The molecule has 2 aromatic rings. The maximum absolute atomic E-state index is 14.2. The highest BCUT2D eigenvalue weighted by Gasteiger charge is 2.21. The zero-order valence-corrected chi connectivity index (χ0v) is 12.7. The topological polar surface area (TPSA) is 83.4 Å². The number of hydrogen-bond acceptors (Lipinski definition) is 4. The molecule has 0 saturated carbocycles. The molecular formula is C16H16FN3O3. The Bertz CT molecular complexity index is 722. The summed E-state index contributed by atoms with van der Waals surface area (Å²) in [6, 6.07) is 4.21. The summed E-state index contributed by atoms with van der Waals surface area (Å²) in [4.78, 5) is 32.0. The Hall–Kier alpha value is -2.83. The Kier molecular flexibility index (Phi) is 5.00. The molecule has 1 unspecified atom stereocenters. The molecule has 0 radical (unpaired) electrons. The van der Waals surface area contributed by atoms with Crippen LogP contribution in [0.3, 0.4) is 0 Å². The predicted molar refractivity (Wildman–Crippen MR) is 81.2 cm³/mol. The molecule has 1 heterocycles. The van der Waals surface area contributed by atoms with E-state index in [2.05, 4.69) is 9.97 Å². The molecule has 7 heteroatoms. The maximum Gasteiger partial charge on any atom is 0.308 e. The Morgan fingerprint density at radius 1 is 1.26 bits per heavy atom. The summed E-state index contributed by atoms with van der Waals surface area (Å²) >= 11 is 0. The van der Waals surface area contributed by atoms with Crippen molar-refractivity contribution in [3.05, 3.63) is 48.3 Å². The Morgan fingerprint density at radius 2 is 1.91 bits per heavy atom. The molecule has 2 rings (SSSR count). The molecule has 0 aliphatic heterocycles. The number of nitrogens with zero attached hydrogens (tertiary/aromatic N) is 3. The third-order valence-corrected chi connectivity index (χ3v) is 3.41. The Balaban J connectivity index is 2.20. The molecule has 23 heavy (non-hydrogen) atoms. The van der Waals surface area contributed by atoms with E-state index in [0.717, 1.165) is 0 Å². The molecular weight excluding hydrogens is 301 g/mol. The number of halogens is 1. The summed E-state index contributed by atoms with van der Waals surface area (Å²) in [6.45, 7) is 1.49. The van der Waals surface area contributed by atoms with Crippen LogP contribution < -0.4 is 0 Å². The van der Waals surface area contributed by atoms with Gasteiger partial charge in [-0.15, -0.1) is 0 Å². The van der Waals surface area contributed by atoms with Gasteiger partial charge in [-0.25, -0.2) is 14.4 Å². The smallest absolute Gasteiger partial charge is 0.308 e. The number of carboxylic acids is 1. The van der Waals surface area contributed by atoms with E-state index < -0.39 is 23.6 Å². The summed E-state index contributed by atoms with van der Waals surface area (Å²) in [5, 5.41) is 8.88. The summed E-state index contributed by atoms with van der Waals surface area (Å²) < 4.78 is 14.2. The predicted octanol–water partition coefficient (Wildman–Crippen LogP) is 2.08. The summed E-state index contributed by atoms with van der Waals surface area (Å²) in [6.07, 6.45) is 4.46. The fourth-order valence-corrected chi connectivity index (χ4v) is 2.09. The molecule has 0 fully saturated rings. The second kappa shape index (κ2) is 6.95. The molecule has 120 valence electrons. The van der Waals surface area contributed by atoms with Gasteiger partial charge in [-0.1, -0.05) is 13.0 Å². The number of carbonyl (C=O) groups is 2. The lowest BCUT2D eigenvalue weighted by Gasteiger charge is -2.20. The van der Waals surface area contributed by atoms with Gasteiger partial charge >= 0.3 is 5.97 Å². The molecule has 1 amide bonds. The van der Waals surface area contributed by atoms with Crippen molar-refractivity contribution in [2.24, 2.45) is 5.92 Å². The minimum atomic E-state index is -1.01. The third kappa shape index (κ3) is 3.88. The van der Waals surface area contributed by atoms with E-state index in [1.54, 1.807) is 18.5 Å². The van der Waals surface area contributed by atoms with Crippen molar-refractivity contribution in [3.63, 3.8) is 0 Å². The lowest BCUT2D eigenvalue weighted by atomic mass is 10.0. The first-order valence-electron chi connectivity index (χ1n) is 6.93. The van der Waals surface area contributed by atoms with Crippen LogP contribution in [-0.2, 0) is 4.79 Å². The molecule has 0 saturated heterocycles. The van der Waals surface area contributed by atoms with E-state index in [0.29, 0.717) is 11.1 Å². The number of hydrogen-bond donors (Lipinski definition) is 1. The van der Waals surface area contributed by atoms with Gasteiger partial charge in [-0.05, 0) is 17.7 Å². The molecule has 0 aliphatic carbocycles. The normalized spacial score (nSPS) is 11.8. The van der Waals surface area contributed by atoms with Crippen molar-refractivity contribution in [3.8, 4) is 11.1 Å². The molecule has 1 aromatic carbocycles. The van der Waals surface area contributed by atoms with Gasteiger partial charge in [-0.3, -0.25) is 9.59 Å². The van der Waals surface area contributed by atoms with E-state index in [1.165, 1.54) is 37.3 Å². The van der Waals surface area contributed by atoms with E-state index in [4.69, 9.17) is 5.11 Å². The lowest BCUT2D eigenvalue weighted by Crippen LogP contribution is -2.34. The van der Waals surface area contributed by atoms with Gasteiger partial charge in [0.25, 0.3) is 5.91 Å². The minimum absolute atomic E-state index is 0.00187. The van der Waals surface area contributed by atoms with Gasteiger partial charge in [0.05, 0.1) is 11.5 Å². The number of rotatable bonds is 5. The Labute approximate surface area is 132 Å². The number of carboxylic acid groups (broad SMARTS) is 1. The molecule has 1 aromatic heterocycles. The standard InChI is InChI=1S/C16H16FN3O3/c1-10(16(22)23)8-20(2)15(21)13-4-3-11(5-14(13)17)12-6-18-9-19-7-12/h3-7,9-10H,8H2,1-2H3,(H,22,23). The van der Waals surface area contributed by atoms with Crippen molar-refractivity contribution in [2.75, 3.05) is 13.6 Å². The van der Waals surface area contributed by atoms with Gasteiger partial charge in [-0.2, -0.15) is 0 Å². The fraction of sp³-hybridized carbons (Fsp3) is 0.250. The number of benzene rings is 1. The van der Waals surface area contributed by atoms with Crippen LogP contribution in [-0.4, -0.2) is 45.4 Å². The monoisotopic (exact) mass is 317 g/mol. The molecule has 0 bridgehead atoms. The first-order chi connectivity index (χ1) is 10.9. The van der Waals surface area contributed by atoms with Crippen LogP contribution in [0.25, 0.3) is 11.1 Å². The van der Waals surface area contributed by atoms with E-state index in [9.17, 15) is 14.0 Å². The molecule has 1 atom stereocenters. The minimum Gasteiger partial charge on any atom is -0.481 e. The van der Waals surface area contributed by atoms with Gasteiger partial charge in [0.2, 0.25) is 0 Å². The second-order valence-corrected chi connectivity index (χ2v) is 5.25.